The Labute approximate surface area is 114 Å². The third kappa shape index (κ3) is 2.66. The number of benzene rings is 1. The van der Waals surface area contributed by atoms with Gasteiger partial charge in [-0.1, -0.05) is 0 Å². The van der Waals surface area contributed by atoms with Crippen molar-refractivity contribution in [2.24, 2.45) is 0 Å². The minimum atomic E-state index is -1.55. The van der Waals surface area contributed by atoms with Crippen molar-refractivity contribution in [2.45, 2.75) is 18.8 Å². The van der Waals surface area contributed by atoms with Gasteiger partial charge in [-0.3, -0.25) is 9.78 Å². The number of hydrogen-bond acceptors (Lipinski definition) is 2. The van der Waals surface area contributed by atoms with Crippen molar-refractivity contribution in [1.29, 1.82) is 0 Å². The molecule has 3 nitrogen and oxygen atoms in total. The molecule has 5 heteroatoms. The fraction of sp³-hybridized carbons (Fsp3) is 0.200. The van der Waals surface area contributed by atoms with Crippen LogP contribution in [0.5, 0.6) is 0 Å². The maximum Gasteiger partial charge on any atom is 0.314 e. The molecule has 1 aromatic heterocycles. The molecule has 0 saturated heterocycles. The van der Waals surface area contributed by atoms with Crippen molar-refractivity contribution < 1.29 is 18.7 Å². The number of aromatic nitrogens is 1. The normalized spacial score (nSPS) is 13.8. The topological polar surface area (TPSA) is 50.2 Å². The molecule has 0 amide bonds. The van der Waals surface area contributed by atoms with Crippen LogP contribution in [0.4, 0.5) is 8.78 Å². The zero-order chi connectivity index (χ0) is 14.8. The van der Waals surface area contributed by atoms with Crippen LogP contribution in [-0.2, 0) is 16.6 Å². The highest BCUT2D eigenvalue weighted by Crippen LogP contribution is 2.31. The predicted octanol–water partition coefficient (Wildman–Crippen LogP) is 2.94. The average Bonchev–Trinajstić information content (AvgIpc) is 2.42. The Bertz CT molecular complexity index is 631. The molecule has 20 heavy (non-hydrogen) atoms. The summed E-state index contributed by atoms with van der Waals surface area (Å²) in [4.78, 5) is 15.4. The standard InChI is InChI=1S/C15H13F2NO2/c1-15(14(19)20,9-10-4-6-18-7-5-10)12-8-11(16)2-3-13(12)17/h2-8H,9H2,1H3,(H,19,20). The molecule has 1 N–H and O–H groups in total. The first-order chi connectivity index (χ1) is 9.43. The van der Waals surface area contributed by atoms with Gasteiger partial charge in [0.1, 0.15) is 11.6 Å². The van der Waals surface area contributed by atoms with E-state index in [2.05, 4.69) is 4.98 Å². The Kier molecular flexibility index (Phi) is 3.79. The number of rotatable bonds is 4. The van der Waals surface area contributed by atoms with E-state index in [0.717, 1.165) is 18.2 Å². The summed E-state index contributed by atoms with van der Waals surface area (Å²) in [6, 6.07) is 6.15. The van der Waals surface area contributed by atoms with Gasteiger partial charge in [0.2, 0.25) is 0 Å². The fourth-order valence-corrected chi connectivity index (χ4v) is 2.12. The second-order valence-electron chi connectivity index (χ2n) is 4.79. The highest BCUT2D eigenvalue weighted by atomic mass is 19.1. The zero-order valence-electron chi connectivity index (χ0n) is 10.8. The number of halogens is 2. The Hall–Kier alpha value is -2.30. The summed E-state index contributed by atoms with van der Waals surface area (Å²) in [7, 11) is 0. The number of carboxylic acids is 1. The van der Waals surface area contributed by atoms with Crippen molar-refractivity contribution in [3.63, 3.8) is 0 Å². The number of carbonyl (C=O) groups is 1. The average molecular weight is 277 g/mol. The first-order valence-electron chi connectivity index (χ1n) is 6.01. The highest BCUT2D eigenvalue weighted by Gasteiger charge is 2.38. The minimum absolute atomic E-state index is 0.0469. The van der Waals surface area contributed by atoms with Gasteiger partial charge < -0.3 is 5.11 Å². The van der Waals surface area contributed by atoms with Crippen LogP contribution < -0.4 is 0 Å². The van der Waals surface area contributed by atoms with Crippen molar-refractivity contribution >= 4 is 5.97 Å². The molecule has 0 fully saturated rings. The molecule has 0 saturated carbocycles. The third-order valence-corrected chi connectivity index (χ3v) is 3.30. The summed E-state index contributed by atoms with van der Waals surface area (Å²) in [5.74, 6) is -2.60. The second kappa shape index (κ2) is 5.36. The van der Waals surface area contributed by atoms with Crippen molar-refractivity contribution in [2.75, 3.05) is 0 Å². The lowest BCUT2D eigenvalue weighted by Crippen LogP contribution is -2.36. The van der Waals surface area contributed by atoms with E-state index in [9.17, 15) is 18.7 Å². The lowest BCUT2D eigenvalue weighted by molar-refractivity contribution is -0.143. The van der Waals surface area contributed by atoms with E-state index in [1.54, 1.807) is 12.1 Å². The van der Waals surface area contributed by atoms with E-state index >= 15 is 0 Å². The molecule has 1 atom stereocenters. The van der Waals surface area contributed by atoms with Gasteiger partial charge in [0.15, 0.2) is 0 Å². The number of pyridine rings is 1. The zero-order valence-corrected chi connectivity index (χ0v) is 10.8. The van der Waals surface area contributed by atoms with Gasteiger partial charge in [0, 0.05) is 18.0 Å². The summed E-state index contributed by atoms with van der Waals surface area (Å²) >= 11 is 0. The Morgan fingerprint density at radius 3 is 2.50 bits per heavy atom. The molecule has 0 aliphatic heterocycles. The van der Waals surface area contributed by atoms with Crippen molar-refractivity contribution in [3.05, 3.63) is 65.5 Å². The summed E-state index contributed by atoms with van der Waals surface area (Å²) in [5.41, 5.74) is -1.02. The van der Waals surface area contributed by atoms with E-state index in [1.807, 2.05) is 0 Å². The molecule has 104 valence electrons. The van der Waals surface area contributed by atoms with E-state index in [-0.39, 0.29) is 12.0 Å². The Morgan fingerprint density at radius 1 is 1.25 bits per heavy atom. The maximum atomic E-state index is 13.9. The lowest BCUT2D eigenvalue weighted by Gasteiger charge is -2.26. The smallest absolute Gasteiger partial charge is 0.314 e. The van der Waals surface area contributed by atoms with Crippen molar-refractivity contribution in [1.82, 2.24) is 4.98 Å². The summed E-state index contributed by atoms with van der Waals surface area (Å²) in [5, 5.41) is 9.46. The van der Waals surface area contributed by atoms with Gasteiger partial charge in [0.05, 0.1) is 5.41 Å². The molecule has 0 radical (unpaired) electrons. The Morgan fingerprint density at radius 2 is 1.90 bits per heavy atom. The summed E-state index contributed by atoms with van der Waals surface area (Å²) in [6.45, 7) is 1.38. The SMILES string of the molecule is CC(Cc1ccncc1)(C(=O)O)c1cc(F)ccc1F. The van der Waals surface area contributed by atoms with Gasteiger partial charge in [-0.25, -0.2) is 8.78 Å². The van der Waals surface area contributed by atoms with Gasteiger partial charge in [-0.15, -0.1) is 0 Å². The van der Waals surface area contributed by atoms with Crippen molar-refractivity contribution in [3.8, 4) is 0 Å². The number of carboxylic acid groups (broad SMARTS) is 1. The van der Waals surface area contributed by atoms with Crippen LogP contribution in [-0.4, -0.2) is 16.1 Å². The molecule has 2 aromatic rings. The number of hydrogen-bond donors (Lipinski definition) is 1. The molecule has 1 heterocycles. The molecule has 2 rings (SSSR count). The van der Waals surface area contributed by atoms with Crippen LogP contribution >= 0.6 is 0 Å². The number of aliphatic carboxylic acids is 1. The second-order valence-corrected chi connectivity index (χ2v) is 4.79. The van der Waals surface area contributed by atoms with Crippen LogP contribution in [0.1, 0.15) is 18.1 Å². The molecule has 0 aliphatic carbocycles. The van der Waals surface area contributed by atoms with Gasteiger partial charge >= 0.3 is 5.97 Å². The van der Waals surface area contributed by atoms with Crippen LogP contribution in [0.25, 0.3) is 0 Å². The molecule has 1 unspecified atom stereocenters. The third-order valence-electron chi connectivity index (χ3n) is 3.30. The molecular weight excluding hydrogens is 264 g/mol. The monoisotopic (exact) mass is 277 g/mol. The summed E-state index contributed by atoms with van der Waals surface area (Å²) in [6.07, 6.45) is 3.10. The van der Waals surface area contributed by atoms with Gasteiger partial charge in [-0.2, -0.15) is 0 Å². The maximum absolute atomic E-state index is 13.9. The molecule has 0 spiro atoms. The Balaban J connectivity index is 2.49. The van der Waals surface area contributed by atoms with Crippen LogP contribution in [0, 0.1) is 11.6 Å². The minimum Gasteiger partial charge on any atom is -0.481 e. The largest absolute Gasteiger partial charge is 0.481 e. The van der Waals surface area contributed by atoms with E-state index in [0.29, 0.717) is 5.56 Å². The van der Waals surface area contributed by atoms with E-state index in [1.165, 1.54) is 19.3 Å². The molecule has 1 aromatic carbocycles. The first-order valence-corrected chi connectivity index (χ1v) is 6.01. The highest BCUT2D eigenvalue weighted by molar-refractivity contribution is 5.81. The van der Waals surface area contributed by atoms with Gasteiger partial charge in [0.25, 0.3) is 0 Å². The first kappa shape index (κ1) is 14.1. The fourth-order valence-electron chi connectivity index (χ4n) is 2.12. The van der Waals surface area contributed by atoms with Crippen LogP contribution in [0.2, 0.25) is 0 Å². The quantitative estimate of drug-likeness (QED) is 0.934. The summed E-state index contributed by atoms with van der Waals surface area (Å²) < 4.78 is 27.2. The molecule has 0 aliphatic rings. The van der Waals surface area contributed by atoms with E-state index < -0.39 is 23.0 Å². The van der Waals surface area contributed by atoms with Crippen LogP contribution in [0.3, 0.4) is 0 Å². The van der Waals surface area contributed by atoms with Gasteiger partial charge in [-0.05, 0) is 49.2 Å². The lowest BCUT2D eigenvalue weighted by atomic mass is 9.77. The number of nitrogens with zero attached hydrogens (tertiary/aromatic N) is 1. The molecular formula is C15H13F2NO2. The molecule has 0 bridgehead atoms. The van der Waals surface area contributed by atoms with Crippen LogP contribution in [0.15, 0.2) is 42.7 Å². The predicted molar refractivity (Wildman–Crippen MR) is 69.3 cm³/mol. The van der Waals surface area contributed by atoms with E-state index in [4.69, 9.17) is 0 Å².